The van der Waals surface area contributed by atoms with E-state index in [0.717, 1.165) is 19.3 Å². The molecule has 0 radical (unpaired) electrons. The second-order valence-electron chi connectivity index (χ2n) is 4.97. The number of hydrogen-bond donors (Lipinski definition) is 1. The van der Waals surface area contributed by atoms with Gasteiger partial charge in [0.05, 0.1) is 16.2 Å². The Kier molecular flexibility index (Phi) is 17.3. The van der Waals surface area contributed by atoms with Crippen LogP contribution in [0.15, 0.2) is 0 Å². The molecule has 0 fully saturated rings. The molecule has 0 bridgehead atoms. The normalized spacial score (nSPS) is 13.0. The van der Waals surface area contributed by atoms with Crippen LogP contribution in [0.3, 0.4) is 0 Å². The summed E-state index contributed by atoms with van der Waals surface area (Å²) >= 11 is 0. The molecule has 0 amide bonds. The average Bonchev–Trinajstić information content (AvgIpc) is 2.28. The molecule has 4 nitrogen and oxygen atoms in total. The van der Waals surface area contributed by atoms with E-state index >= 15 is 0 Å². The van der Waals surface area contributed by atoms with Crippen LogP contribution in [-0.2, 0) is 10.1 Å². The van der Waals surface area contributed by atoms with Crippen LogP contribution in [0.2, 0.25) is 0 Å². The molecule has 6 heteroatoms. The fraction of sp³-hybridized carbons (Fsp3) is 1.00. The van der Waals surface area contributed by atoms with Gasteiger partial charge in [0.1, 0.15) is 0 Å². The molecule has 1 N–H and O–H groups in total. The van der Waals surface area contributed by atoms with Crippen LogP contribution in [0, 0.1) is 0 Å². The molecule has 0 spiro atoms. The van der Waals surface area contributed by atoms with Crippen LogP contribution in [0.4, 0.5) is 0 Å². The Hall–Kier alpha value is 1.51. The van der Waals surface area contributed by atoms with E-state index in [-0.39, 0.29) is 63.2 Å². The monoisotopic (exact) mass is 318 g/mol. The minimum Gasteiger partial charge on any atom is -0.748 e. The van der Waals surface area contributed by atoms with E-state index in [9.17, 15) is 18.1 Å². The molecule has 110 valence electrons. The standard InChI is InChI=1S/C13H28O4S.K/c1-2-3-4-5-6-7-10-13(14)11-8-9-12-18(15,16)17;/h13-14H,2-12H2,1H3,(H,15,16,17);/q;+1/p-1. The fourth-order valence-corrected chi connectivity index (χ4v) is 2.52. The van der Waals surface area contributed by atoms with Gasteiger partial charge in [-0.25, -0.2) is 8.42 Å². The van der Waals surface area contributed by atoms with Gasteiger partial charge in [0.25, 0.3) is 0 Å². The number of aliphatic hydroxyl groups is 1. The van der Waals surface area contributed by atoms with Crippen molar-refractivity contribution in [3.63, 3.8) is 0 Å². The van der Waals surface area contributed by atoms with E-state index in [1.165, 1.54) is 25.7 Å². The van der Waals surface area contributed by atoms with Crippen LogP contribution in [0.5, 0.6) is 0 Å². The first-order valence-corrected chi connectivity index (χ1v) is 8.65. The molecule has 0 aliphatic heterocycles. The van der Waals surface area contributed by atoms with Crippen LogP contribution in [0.25, 0.3) is 0 Å². The Labute approximate surface area is 160 Å². The first kappa shape index (κ1) is 22.8. The molecule has 0 heterocycles. The van der Waals surface area contributed by atoms with Crippen molar-refractivity contribution >= 4 is 10.1 Å². The summed E-state index contributed by atoms with van der Waals surface area (Å²) in [5.74, 6) is -0.309. The summed E-state index contributed by atoms with van der Waals surface area (Å²) in [6.45, 7) is 2.19. The van der Waals surface area contributed by atoms with Crippen molar-refractivity contribution in [2.45, 2.75) is 77.2 Å². The van der Waals surface area contributed by atoms with E-state index in [2.05, 4.69) is 6.92 Å². The first-order chi connectivity index (χ1) is 8.45. The van der Waals surface area contributed by atoms with Crippen LogP contribution >= 0.6 is 0 Å². The average molecular weight is 319 g/mol. The third kappa shape index (κ3) is 19.5. The zero-order valence-corrected chi connectivity index (χ0v) is 16.4. The van der Waals surface area contributed by atoms with Gasteiger partial charge in [-0.3, -0.25) is 0 Å². The minimum atomic E-state index is -4.08. The SMILES string of the molecule is CCCCCCCCC(O)CCCCS(=O)(=O)[O-].[K+]. The zero-order valence-electron chi connectivity index (χ0n) is 12.4. The molecule has 19 heavy (non-hydrogen) atoms. The molecule has 0 aliphatic rings. The fourth-order valence-electron chi connectivity index (χ4n) is 1.96. The summed E-state index contributed by atoms with van der Waals surface area (Å²) in [4.78, 5) is 0. The number of hydrogen-bond acceptors (Lipinski definition) is 4. The van der Waals surface area contributed by atoms with Gasteiger partial charge < -0.3 is 9.66 Å². The summed E-state index contributed by atoms with van der Waals surface area (Å²) in [7, 11) is -4.08. The first-order valence-electron chi connectivity index (χ1n) is 7.07. The molecule has 0 saturated heterocycles. The maximum absolute atomic E-state index is 10.4. The van der Waals surface area contributed by atoms with Gasteiger partial charge in [-0.2, -0.15) is 0 Å². The molecule has 1 atom stereocenters. The maximum Gasteiger partial charge on any atom is 1.00 e. The van der Waals surface area contributed by atoms with Crippen molar-refractivity contribution in [2.24, 2.45) is 0 Å². The number of unbranched alkanes of at least 4 members (excludes halogenated alkanes) is 6. The van der Waals surface area contributed by atoms with Gasteiger partial charge in [-0.15, -0.1) is 0 Å². The van der Waals surface area contributed by atoms with Crippen molar-refractivity contribution in [1.82, 2.24) is 0 Å². The molecular weight excluding hydrogens is 291 g/mol. The van der Waals surface area contributed by atoms with Gasteiger partial charge in [0, 0.05) is 5.75 Å². The van der Waals surface area contributed by atoms with E-state index in [1.807, 2.05) is 0 Å². The molecular formula is C13H27KO4S. The summed E-state index contributed by atoms with van der Waals surface area (Å²) in [5, 5.41) is 9.65. The Morgan fingerprint density at radius 2 is 1.42 bits per heavy atom. The van der Waals surface area contributed by atoms with Gasteiger partial charge in [-0.05, 0) is 25.7 Å². The third-order valence-electron chi connectivity index (χ3n) is 3.07. The summed E-state index contributed by atoms with van der Waals surface area (Å²) in [6, 6.07) is 0. The Balaban J connectivity index is 0. The Bertz CT molecular complexity index is 280. The van der Waals surface area contributed by atoms with Crippen molar-refractivity contribution in [3.05, 3.63) is 0 Å². The number of rotatable bonds is 12. The van der Waals surface area contributed by atoms with Gasteiger partial charge in [0.15, 0.2) is 0 Å². The smallest absolute Gasteiger partial charge is 0.748 e. The van der Waals surface area contributed by atoms with E-state index in [1.54, 1.807) is 0 Å². The molecule has 0 rings (SSSR count). The van der Waals surface area contributed by atoms with Crippen molar-refractivity contribution in [2.75, 3.05) is 5.75 Å². The molecule has 1 unspecified atom stereocenters. The van der Waals surface area contributed by atoms with Gasteiger partial charge in [0.2, 0.25) is 0 Å². The molecule has 0 aromatic heterocycles. The van der Waals surface area contributed by atoms with Crippen molar-refractivity contribution in [1.29, 1.82) is 0 Å². The Morgan fingerprint density at radius 1 is 0.947 bits per heavy atom. The molecule has 0 saturated carbocycles. The second kappa shape index (κ2) is 14.4. The third-order valence-corrected chi connectivity index (χ3v) is 3.86. The molecule has 0 aliphatic carbocycles. The summed E-state index contributed by atoms with van der Waals surface area (Å²) < 4.78 is 31.1. The Morgan fingerprint density at radius 3 is 1.95 bits per heavy atom. The van der Waals surface area contributed by atoms with Gasteiger partial charge in [-0.1, -0.05) is 45.4 Å². The van der Waals surface area contributed by atoms with Crippen LogP contribution in [-0.4, -0.2) is 29.9 Å². The second-order valence-corrected chi connectivity index (χ2v) is 6.49. The molecule has 0 aromatic rings. The zero-order chi connectivity index (χ0) is 13.9. The maximum atomic E-state index is 10.4. The van der Waals surface area contributed by atoms with Crippen LogP contribution in [0.1, 0.15) is 71.1 Å². The molecule has 0 aromatic carbocycles. The summed E-state index contributed by atoms with van der Waals surface area (Å²) in [5.41, 5.74) is 0. The van der Waals surface area contributed by atoms with E-state index in [0.29, 0.717) is 19.3 Å². The number of aliphatic hydroxyl groups excluding tert-OH is 1. The van der Waals surface area contributed by atoms with Crippen molar-refractivity contribution < 1.29 is 69.5 Å². The largest absolute Gasteiger partial charge is 1.00 e. The summed E-state index contributed by atoms with van der Waals surface area (Å²) in [6.07, 6.45) is 9.24. The quantitative estimate of drug-likeness (QED) is 0.308. The van der Waals surface area contributed by atoms with E-state index < -0.39 is 10.1 Å². The predicted octanol–water partition coefficient (Wildman–Crippen LogP) is -0.183. The van der Waals surface area contributed by atoms with Crippen LogP contribution < -0.4 is 51.4 Å². The van der Waals surface area contributed by atoms with Crippen molar-refractivity contribution in [3.8, 4) is 0 Å². The van der Waals surface area contributed by atoms with E-state index in [4.69, 9.17) is 0 Å². The van der Waals surface area contributed by atoms with Gasteiger partial charge >= 0.3 is 51.4 Å². The minimum absolute atomic E-state index is 0. The topological polar surface area (TPSA) is 77.4 Å². The predicted molar refractivity (Wildman–Crippen MR) is 72.4 cm³/mol.